The largest absolute Gasteiger partial charge is 0.381 e. The molecular weight excluding hydrogens is 496 g/mol. The number of carbonyl (C=O) groups is 1. The predicted molar refractivity (Wildman–Crippen MR) is 132 cm³/mol. The highest BCUT2D eigenvalue weighted by Gasteiger charge is 2.43. The van der Waals surface area contributed by atoms with Gasteiger partial charge in [-0.05, 0) is 19.9 Å². The van der Waals surface area contributed by atoms with E-state index in [1.807, 2.05) is 36.1 Å². The van der Waals surface area contributed by atoms with Crippen LogP contribution in [0.5, 0.6) is 0 Å². The molecule has 1 N–H and O–H groups in total. The van der Waals surface area contributed by atoms with E-state index in [9.17, 15) is 18.7 Å². The number of aliphatic hydroxyl groups is 1. The minimum atomic E-state index is -1.76. The summed E-state index contributed by atoms with van der Waals surface area (Å²) >= 11 is 0. The van der Waals surface area contributed by atoms with Crippen LogP contribution in [0.15, 0.2) is 59.6 Å². The molecule has 1 aliphatic rings. The molecule has 198 valence electrons. The van der Waals surface area contributed by atoms with Gasteiger partial charge in [-0.2, -0.15) is 10.1 Å². The number of aryl methyl sites for hydroxylation is 1. The summed E-state index contributed by atoms with van der Waals surface area (Å²) in [6.07, 6.45) is 2.74. The molecule has 2 atom stereocenters. The normalized spacial score (nSPS) is 16.8. The van der Waals surface area contributed by atoms with Crippen molar-refractivity contribution in [3.05, 3.63) is 83.8 Å². The van der Waals surface area contributed by atoms with Gasteiger partial charge in [0.15, 0.2) is 0 Å². The molecule has 12 heteroatoms. The summed E-state index contributed by atoms with van der Waals surface area (Å²) < 4.78 is 35.1. The first-order valence-corrected chi connectivity index (χ1v) is 12.2. The second-order valence-corrected chi connectivity index (χ2v) is 9.43. The Hall–Kier alpha value is -4.03. The van der Waals surface area contributed by atoms with Gasteiger partial charge in [-0.3, -0.25) is 9.69 Å². The van der Waals surface area contributed by atoms with E-state index >= 15 is 0 Å². The van der Waals surface area contributed by atoms with Crippen LogP contribution in [0.3, 0.4) is 0 Å². The summed E-state index contributed by atoms with van der Waals surface area (Å²) in [5, 5.41) is 19.8. The summed E-state index contributed by atoms with van der Waals surface area (Å²) in [5.74, 6) is -1.74. The lowest BCUT2D eigenvalue weighted by Crippen LogP contribution is -2.58. The zero-order chi connectivity index (χ0) is 26.9. The lowest BCUT2D eigenvalue weighted by atomic mass is 9.85. The summed E-state index contributed by atoms with van der Waals surface area (Å²) in [7, 11) is 0. The fourth-order valence-corrected chi connectivity index (χ4v) is 4.72. The highest BCUT2D eigenvalue weighted by molar-refractivity contribution is 5.90. The highest BCUT2D eigenvalue weighted by atomic mass is 19.1. The van der Waals surface area contributed by atoms with Crippen molar-refractivity contribution in [3.8, 4) is 11.4 Å². The topological polar surface area (TPSA) is 113 Å². The van der Waals surface area contributed by atoms with Crippen LogP contribution in [0.25, 0.3) is 11.4 Å². The van der Waals surface area contributed by atoms with Gasteiger partial charge < -0.3 is 14.5 Å². The third-order valence-electron chi connectivity index (χ3n) is 7.03. The van der Waals surface area contributed by atoms with Gasteiger partial charge in [0.25, 0.3) is 0 Å². The van der Waals surface area contributed by atoms with Crippen LogP contribution in [0.1, 0.15) is 28.7 Å². The Labute approximate surface area is 217 Å². The number of aromatic nitrogens is 5. The van der Waals surface area contributed by atoms with Crippen LogP contribution in [-0.2, 0) is 12.1 Å². The number of benzene rings is 2. The number of hydrogen-bond donors (Lipinski definition) is 1. The van der Waals surface area contributed by atoms with E-state index in [1.54, 1.807) is 11.8 Å². The van der Waals surface area contributed by atoms with Crippen LogP contribution in [0, 0.1) is 18.6 Å². The van der Waals surface area contributed by atoms with Crippen molar-refractivity contribution in [1.82, 2.24) is 34.7 Å². The molecule has 0 bridgehead atoms. The van der Waals surface area contributed by atoms with Gasteiger partial charge in [-0.25, -0.2) is 18.4 Å². The van der Waals surface area contributed by atoms with Crippen molar-refractivity contribution < 1.29 is 23.2 Å². The van der Waals surface area contributed by atoms with E-state index in [0.717, 1.165) is 23.3 Å². The third kappa shape index (κ3) is 5.04. The Morgan fingerprint density at radius 1 is 1.13 bits per heavy atom. The molecule has 1 fully saturated rings. The van der Waals surface area contributed by atoms with Crippen LogP contribution in [0.4, 0.5) is 8.78 Å². The maximum absolute atomic E-state index is 14.9. The van der Waals surface area contributed by atoms with Gasteiger partial charge in [0.05, 0.1) is 6.54 Å². The molecule has 2 aromatic heterocycles. The molecule has 0 aliphatic carbocycles. The number of carbonyl (C=O) groups excluding carboxylic acids is 1. The van der Waals surface area contributed by atoms with Crippen molar-refractivity contribution in [1.29, 1.82) is 0 Å². The van der Waals surface area contributed by atoms with Crippen molar-refractivity contribution >= 4 is 5.91 Å². The van der Waals surface area contributed by atoms with Gasteiger partial charge in [-0.15, -0.1) is 0 Å². The second-order valence-electron chi connectivity index (χ2n) is 9.43. The zero-order valence-electron chi connectivity index (χ0n) is 21.0. The first-order chi connectivity index (χ1) is 18.2. The molecule has 0 saturated carbocycles. The standard InChI is InChI=1S/C26H27F2N7O3/c1-17-3-5-19(6-4-17)23-31-24(38-32-23)25(36)34-11-9-33(10-12-34)18(2)26(37,14-35-16-29-15-30-35)21-8-7-20(27)13-22(21)28/h3-8,13,15-16,18,37H,9-12,14H2,1-2H3/t18-,26-/m1/s1. The van der Waals surface area contributed by atoms with Crippen molar-refractivity contribution in [2.24, 2.45) is 0 Å². The Balaban J connectivity index is 1.30. The van der Waals surface area contributed by atoms with Gasteiger partial charge >= 0.3 is 11.8 Å². The summed E-state index contributed by atoms with van der Waals surface area (Å²) in [4.78, 5) is 24.8. The second kappa shape index (κ2) is 10.4. The Kier molecular flexibility index (Phi) is 7.00. The molecular formula is C26H27F2N7O3. The lowest BCUT2D eigenvalue weighted by Gasteiger charge is -2.44. The summed E-state index contributed by atoms with van der Waals surface area (Å²) in [5.41, 5.74) is 0.0373. The SMILES string of the molecule is Cc1ccc(-c2noc(C(=O)N3CCN([C@H](C)[C@](O)(Cn4cncn4)c4ccc(F)cc4F)CC3)n2)cc1. The molecule has 4 aromatic rings. The predicted octanol–water partition coefficient (Wildman–Crippen LogP) is 2.65. The average molecular weight is 524 g/mol. The number of nitrogens with zero attached hydrogens (tertiary/aromatic N) is 7. The zero-order valence-corrected chi connectivity index (χ0v) is 21.0. The maximum Gasteiger partial charge on any atom is 0.316 e. The van der Waals surface area contributed by atoms with E-state index in [4.69, 9.17) is 4.52 Å². The molecule has 1 aliphatic heterocycles. The smallest absolute Gasteiger partial charge is 0.316 e. The third-order valence-corrected chi connectivity index (χ3v) is 7.03. The quantitative estimate of drug-likeness (QED) is 0.393. The van der Waals surface area contributed by atoms with Gasteiger partial charge in [0.2, 0.25) is 5.82 Å². The van der Waals surface area contributed by atoms with Crippen LogP contribution in [-0.4, -0.2) is 77.9 Å². The minimum Gasteiger partial charge on any atom is -0.381 e. The first-order valence-electron chi connectivity index (χ1n) is 12.2. The minimum absolute atomic E-state index is 0.0464. The number of hydrogen-bond acceptors (Lipinski definition) is 8. The Morgan fingerprint density at radius 2 is 1.87 bits per heavy atom. The van der Waals surface area contributed by atoms with E-state index in [2.05, 4.69) is 20.2 Å². The number of amides is 1. The molecule has 2 aromatic carbocycles. The molecule has 0 radical (unpaired) electrons. The molecule has 5 rings (SSSR count). The monoisotopic (exact) mass is 523 g/mol. The molecule has 38 heavy (non-hydrogen) atoms. The average Bonchev–Trinajstić information content (AvgIpc) is 3.61. The fourth-order valence-electron chi connectivity index (χ4n) is 4.72. The fraction of sp³-hybridized carbons (Fsp3) is 0.346. The summed E-state index contributed by atoms with van der Waals surface area (Å²) in [6.45, 7) is 5.10. The number of piperazine rings is 1. The number of halogens is 2. The molecule has 0 unspecified atom stereocenters. The van der Waals surface area contributed by atoms with Crippen LogP contribution >= 0.6 is 0 Å². The van der Waals surface area contributed by atoms with E-state index in [-0.39, 0.29) is 23.9 Å². The van der Waals surface area contributed by atoms with Crippen molar-refractivity contribution in [3.63, 3.8) is 0 Å². The van der Waals surface area contributed by atoms with Crippen LogP contribution in [0.2, 0.25) is 0 Å². The van der Waals surface area contributed by atoms with Crippen molar-refractivity contribution in [2.75, 3.05) is 26.2 Å². The van der Waals surface area contributed by atoms with E-state index < -0.39 is 23.3 Å². The van der Waals surface area contributed by atoms with E-state index in [0.29, 0.717) is 32.0 Å². The molecule has 3 heterocycles. The first kappa shape index (κ1) is 25.6. The Morgan fingerprint density at radius 3 is 2.53 bits per heavy atom. The molecule has 1 saturated heterocycles. The van der Waals surface area contributed by atoms with Gasteiger partial charge in [0, 0.05) is 49.4 Å². The van der Waals surface area contributed by atoms with Crippen LogP contribution < -0.4 is 0 Å². The molecule has 1 amide bonds. The van der Waals surface area contributed by atoms with E-state index in [1.165, 1.54) is 23.4 Å². The maximum atomic E-state index is 14.9. The molecule has 0 spiro atoms. The summed E-state index contributed by atoms with van der Waals surface area (Å²) in [6, 6.07) is 10.1. The van der Waals surface area contributed by atoms with Gasteiger partial charge in [-0.1, -0.05) is 41.1 Å². The molecule has 10 nitrogen and oxygen atoms in total. The highest BCUT2D eigenvalue weighted by Crippen LogP contribution is 2.33. The van der Waals surface area contributed by atoms with Gasteiger partial charge in [0.1, 0.15) is 29.9 Å². The lowest BCUT2D eigenvalue weighted by molar-refractivity contribution is -0.0720. The Bertz CT molecular complexity index is 1400. The number of rotatable bonds is 7. The van der Waals surface area contributed by atoms with Crippen molar-refractivity contribution in [2.45, 2.75) is 32.0 Å².